The fourth-order valence-corrected chi connectivity index (χ4v) is 4.00. The van der Waals surface area contributed by atoms with Crippen LogP contribution in [0.1, 0.15) is 41.3 Å². The van der Waals surface area contributed by atoms with Crippen molar-refractivity contribution in [2.45, 2.75) is 38.9 Å². The van der Waals surface area contributed by atoms with Gasteiger partial charge in [0.1, 0.15) is 0 Å². The van der Waals surface area contributed by atoms with Crippen LogP contribution in [0.2, 0.25) is 0 Å². The van der Waals surface area contributed by atoms with Gasteiger partial charge in [-0.3, -0.25) is 9.78 Å². The molecule has 0 aliphatic carbocycles. The zero-order chi connectivity index (χ0) is 19.6. The Morgan fingerprint density at radius 3 is 2.68 bits per heavy atom. The largest absolute Gasteiger partial charge is 0.370 e. The van der Waals surface area contributed by atoms with Gasteiger partial charge in [-0.15, -0.1) is 0 Å². The van der Waals surface area contributed by atoms with Gasteiger partial charge in [-0.1, -0.05) is 25.1 Å². The summed E-state index contributed by atoms with van der Waals surface area (Å²) in [4.78, 5) is 19.4. The number of anilines is 2. The minimum atomic E-state index is -0.402. The Balaban J connectivity index is 1.47. The summed E-state index contributed by atoms with van der Waals surface area (Å²) < 4.78 is 11.6. The van der Waals surface area contributed by atoms with E-state index in [9.17, 15) is 4.79 Å². The van der Waals surface area contributed by atoms with Crippen molar-refractivity contribution in [2.24, 2.45) is 0 Å². The molecule has 0 saturated carbocycles. The number of para-hydroxylation sites is 1. The fourth-order valence-electron chi connectivity index (χ4n) is 4.00. The number of piperidine rings is 1. The SMILES string of the molecule is CCc1cccc(C)c1NC(=O)c1cncc(N2CCC3(CC2)OCCO3)c1. The number of carbonyl (C=O) groups is 1. The van der Waals surface area contributed by atoms with Crippen LogP contribution in [0.4, 0.5) is 11.4 Å². The molecule has 1 aromatic carbocycles. The Morgan fingerprint density at radius 2 is 1.96 bits per heavy atom. The van der Waals surface area contributed by atoms with Gasteiger partial charge < -0.3 is 19.7 Å². The molecule has 2 saturated heterocycles. The van der Waals surface area contributed by atoms with Crippen molar-refractivity contribution in [2.75, 3.05) is 36.5 Å². The summed E-state index contributed by atoms with van der Waals surface area (Å²) in [5.41, 5.74) is 4.62. The number of aromatic nitrogens is 1. The number of ether oxygens (including phenoxy) is 2. The van der Waals surface area contributed by atoms with Crippen molar-refractivity contribution in [3.05, 3.63) is 53.3 Å². The molecule has 28 heavy (non-hydrogen) atoms. The standard InChI is InChI=1S/C22H27N3O3/c1-3-17-6-4-5-16(2)20(17)24-21(26)18-13-19(15-23-14-18)25-9-7-22(8-10-25)27-11-12-28-22/h4-6,13-15H,3,7-12H2,1-2H3,(H,24,26). The molecule has 2 aliphatic heterocycles. The molecule has 6 heteroatoms. The van der Waals surface area contributed by atoms with Crippen LogP contribution in [0.25, 0.3) is 0 Å². The van der Waals surface area contributed by atoms with Crippen LogP contribution in [0.15, 0.2) is 36.7 Å². The molecule has 1 N–H and O–H groups in total. The highest BCUT2D eigenvalue weighted by atomic mass is 16.7. The topological polar surface area (TPSA) is 63.7 Å². The zero-order valence-corrected chi connectivity index (χ0v) is 16.5. The molecule has 4 rings (SSSR count). The first-order chi connectivity index (χ1) is 13.6. The molecular formula is C22H27N3O3. The van der Waals surface area contributed by atoms with Gasteiger partial charge >= 0.3 is 0 Å². The lowest BCUT2D eigenvalue weighted by molar-refractivity contribution is -0.169. The second kappa shape index (κ2) is 7.89. The molecule has 2 aromatic rings. The van der Waals surface area contributed by atoms with Gasteiger partial charge in [0.25, 0.3) is 5.91 Å². The average Bonchev–Trinajstić information content (AvgIpc) is 3.18. The molecular weight excluding hydrogens is 354 g/mol. The molecule has 0 unspecified atom stereocenters. The van der Waals surface area contributed by atoms with Crippen LogP contribution in [0.5, 0.6) is 0 Å². The first kappa shape index (κ1) is 18.9. The maximum absolute atomic E-state index is 12.9. The summed E-state index contributed by atoms with van der Waals surface area (Å²) in [6.07, 6.45) is 5.96. The van der Waals surface area contributed by atoms with Gasteiger partial charge in [0.2, 0.25) is 0 Å². The highest BCUT2D eigenvalue weighted by Gasteiger charge is 2.39. The van der Waals surface area contributed by atoms with E-state index in [2.05, 4.69) is 22.1 Å². The van der Waals surface area contributed by atoms with E-state index in [1.807, 2.05) is 37.4 Å². The van der Waals surface area contributed by atoms with E-state index in [1.54, 1.807) is 6.20 Å². The molecule has 2 fully saturated rings. The molecule has 0 radical (unpaired) electrons. The van der Waals surface area contributed by atoms with Crippen molar-refractivity contribution in [1.82, 2.24) is 4.98 Å². The molecule has 6 nitrogen and oxygen atoms in total. The van der Waals surface area contributed by atoms with E-state index in [4.69, 9.17) is 9.47 Å². The summed E-state index contributed by atoms with van der Waals surface area (Å²) in [7, 11) is 0. The van der Waals surface area contributed by atoms with Crippen molar-refractivity contribution in [3.8, 4) is 0 Å². The van der Waals surface area contributed by atoms with E-state index in [1.165, 1.54) is 0 Å². The summed E-state index contributed by atoms with van der Waals surface area (Å²) in [5.74, 6) is -0.533. The summed E-state index contributed by atoms with van der Waals surface area (Å²) in [6, 6.07) is 8.00. The smallest absolute Gasteiger partial charge is 0.257 e. The van der Waals surface area contributed by atoms with E-state index in [0.29, 0.717) is 18.8 Å². The van der Waals surface area contributed by atoms with Crippen LogP contribution in [-0.4, -0.2) is 43.0 Å². The van der Waals surface area contributed by atoms with Crippen LogP contribution in [0.3, 0.4) is 0 Å². The highest BCUT2D eigenvalue weighted by Crippen LogP contribution is 2.33. The first-order valence-corrected chi connectivity index (χ1v) is 9.98. The van der Waals surface area contributed by atoms with Crippen molar-refractivity contribution in [3.63, 3.8) is 0 Å². The van der Waals surface area contributed by atoms with E-state index in [0.717, 1.165) is 54.9 Å². The lowest BCUT2D eigenvalue weighted by atomic mass is 10.0. The normalized spacial score (nSPS) is 18.4. The average molecular weight is 381 g/mol. The molecule has 0 atom stereocenters. The molecule has 1 amide bonds. The Labute approximate surface area is 165 Å². The summed E-state index contributed by atoms with van der Waals surface area (Å²) in [6.45, 7) is 7.11. The number of hydrogen-bond acceptors (Lipinski definition) is 5. The van der Waals surface area contributed by atoms with E-state index in [-0.39, 0.29) is 5.91 Å². The van der Waals surface area contributed by atoms with Crippen molar-refractivity contribution >= 4 is 17.3 Å². The highest BCUT2D eigenvalue weighted by molar-refractivity contribution is 6.05. The third-order valence-corrected chi connectivity index (χ3v) is 5.67. The molecule has 148 valence electrons. The van der Waals surface area contributed by atoms with Crippen LogP contribution in [-0.2, 0) is 15.9 Å². The quantitative estimate of drug-likeness (QED) is 0.878. The number of amides is 1. The van der Waals surface area contributed by atoms with E-state index >= 15 is 0 Å². The number of benzene rings is 1. The molecule has 0 bridgehead atoms. The van der Waals surface area contributed by atoms with Crippen LogP contribution >= 0.6 is 0 Å². The van der Waals surface area contributed by atoms with Crippen LogP contribution in [0, 0.1) is 6.92 Å². The fraction of sp³-hybridized carbons (Fsp3) is 0.455. The van der Waals surface area contributed by atoms with Gasteiger partial charge in [-0.05, 0) is 30.5 Å². The van der Waals surface area contributed by atoms with Crippen molar-refractivity contribution < 1.29 is 14.3 Å². The number of nitrogens with one attached hydrogen (secondary N) is 1. The van der Waals surface area contributed by atoms with Gasteiger partial charge in [0.05, 0.1) is 30.7 Å². The number of pyridine rings is 1. The monoisotopic (exact) mass is 381 g/mol. The molecule has 3 heterocycles. The maximum Gasteiger partial charge on any atom is 0.257 e. The Bertz CT molecular complexity index is 852. The lowest BCUT2D eigenvalue weighted by Crippen LogP contribution is -2.45. The van der Waals surface area contributed by atoms with Gasteiger partial charge in [0.15, 0.2) is 5.79 Å². The Kier molecular flexibility index (Phi) is 5.33. The number of aryl methyl sites for hydroxylation is 2. The molecule has 1 spiro atoms. The lowest BCUT2D eigenvalue weighted by Gasteiger charge is -2.38. The zero-order valence-electron chi connectivity index (χ0n) is 16.5. The summed E-state index contributed by atoms with van der Waals surface area (Å²) >= 11 is 0. The van der Waals surface area contributed by atoms with Gasteiger partial charge in [0, 0.05) is 37.8 Å². The van der Waals surface area contributed by atoms with Gasteiger partial charge in [-0.25, -0.2) is 0 Å². The second-order valence-electron chi connectivity index (χ2n) is 7.44. The number of carbonyl (C=O) groups excluding carboxylic acids is 1. The van der Waals surface area contributed by atoms with Crippen molar-refractivity contribution in [1.29, 1.82) is 0 Å². The molecule has 1 aromatic heterocycles. The van der Waals surface area contributed by atoms with E-state index < -0.39 is 5.79 Å². The Morgan fingerprint density at radius 1 is 1.21 bits per heavy atom. The predicted octanol–water partition coefficient (Wildman–Crippen LogP) is 3.55. The maximum atomic E-state index is 12.9. The minimum absolute atomic E-state index is 0.130. The number of nitrogens with zero attached hydrogens (tertiary/aromatic N) is 2. The second-order valence-corrected chi connectivity index (χ2v) is 7.44. The first-order valence-electron chi connectivity index (χ1n) is 9.98. The summed E-state index contributed by atoms with van der Waals surface area (Å²) in [5, 5.41) is 3.08. The predicted molar refractivity (Wildman–Crippen MR) is 109 cm³/mol. The third kappa shape index (κ3) is 3.75. The third-order valence-electron chi connectivity index (χ3n) is 5.67. The minimum Gasteiger partial charge on any atom is -0.370 e. The number of rotatable bonds is 4. The van der Waals surface area contributed by atoms with Gasteiger partial charge in [-0.2, -0.15) is 0 Å². The van der Waals surface area contributed by atoms with Crippen LogP contribution < -0.4 is 10.2 Å². The number of hydrogen-bond donors (Lipinski definition) is 1. The Hall–Kier alpha value is -2.44. The molecule has 2 aliphatic rings.